The molecule has 1 amide bonds. The van der Waals surface area contributed by atoms with Crippen molar-refractivity contribution in [1.82, 2.24) is 5.32 Å². The fourth-order valence-electron chi connectivity index (χ4n) is 2.80. The number of amides is 1. The van der Waals surface area contributed by atoms with E-state index >= 15 is 0 Å². The summed E-state index contributed by atoms with van der Waals surface area (Å²) >= 11 is 0. The van der Waals surface area contributed by atoms with E-state index in [0.29, 0.717) is 12.2 Å². The van der Waals surface area contributed by atoms with E-state index in [-0.39, 0.29) is 6.10 Å². The Kier molecular flexibility index (Phi) is 4.18. The van der Waals surface area contributed by atoms with Gasteiger partial charge in [0.25, 0.3) is 0 Å². The highest BCUT2D eigenvalue weighted by Gasteiger charge is 2.44. The van der Waals surface area contributed by atoms with E-state index in [2.05, 4.69) is 5.32 Å². The highest BCUT2D eigenvalue weighted by molar-refractivity contribution is 5.65. The van der Waals surface area contributed by atoms with E-state index in [0.717, 1.165) is 6.07 Å². The van der Waals surface area contributed by atoms with Crippen molar-refractivity contribution in [3.8, 4) is 0 Å². The van der Waals surface area contributed by atoms with Crippen molar-refractivity contribution < 1.29 is 23.4 Å². The first-order valence-electron chi connectivity index (χ1n) is 6.75. The summed E-state index contributed by atoms with van der Waals surface area (Å²) in [5.41, 5.74) is 0.0218. The van der Waals surface area contributed by atoms with Gasteiger partial charge in [-0.25, -0.2) is 13.6 Å². The zero-order chi connectivity index (χ0) is 15.8. The standard InChI is InChI=1S/C15H19F2NO3/c1-15(2,3)12(8-4-9(16)6-10(17)5-8)13(11-7-21-11)18-14(19)20/h4-6,11-13,18H,7H2,1-3H3,(H,19,20)/t11-,12+,13?/m1/s1. The molecule has 0 spiro atoms. The summed E-state index contributed by atoms with van der Waals surface area (Å²) in [6.45, 7) is 6.15. The number of carboxylic acid groups (broad SMARTS) is 1. The summed E-state index contributed by atoms with van der Waals surface area (Å²) in [6.07, 6.45) is -1.45. The van der Waals surface area contributed by atoms with Crippen molar-refractivity contribution >= 4 is 6.09 Å². The quantitative estimate of drug-likeness (QED) is 0.840. The minimum Gasteiger partial charge on any atom is -0.465 e. The molecular weight excluding hydrogens is 280 g/mol. The van der Waals surface area contributed by atoms with Crippen LogP contribution in [0.2, 0.25) is 0 Å². The summed E-state index contributed by atoms with van der Waals surface area (Å²) < 4.78 is 32.2. The van der Waals surface area contributed by atoms with Crippen LogP contribution in [0.25, 0.3) is 0 Å². The first-order valence-corrected chi connectivity index (χ1v) is 6.75. The topological polar surface area (TPSA) is 61.9 Å². The summed E-state index contributed by atoms with van der Waals surface area (Å²) in [5.74, 6) is -1.76. The van der Waals surface area contributed by atoms with Crippen LogP contribution in [0.15, 0.2) is 18.2 Å². The largest absolute Gasteiger partial charge is 0.465 e. The van der Waals surface area contributed by atoms with Crippen LogP contribution in [0.3, 0.4) is 0 Å². The number of nitrogens with one attached hydrogen (secondary N) is 1. The number of halogens is 2. The van der Waals surface area contributed by atoms with Gasteiger partial charge >= 0.3 is 6.09 Å². The molecule has 1 aromatic carbocycles. The summed E-state index contributed by atoms with van der Waals surface area (Å²) in [7, 11) is 0. The highest BCUT2D eigenvalue weighted by Crippen LogP contribution is 2.41. The molecule has 0 aromatic heterocycles. The number of carbonyl (C=O) groups is 1. The van der Waals surface area contributed by atoms with Gasteiger partial charge in [0.2, 0.25) is 0 Å². The minimum atomic E-state index is -1.18. The number of ether oxygens (including phenoxy) is 1. The second kappa shape index (κ2) is 5.60. The second-order valence-electron chi connectivity index (χ2n) is 6.39. The molecule has 116 valence electrons. The molecule has 1 aliphatic heterocycles. The van der Waals surface area contributed by atoms with Crippen molar-refractivity contribution in [3.63, 3.8) is 0 Å². The Balaban J connectivity index is 2.43. The third-order valence-electron chi connectivity index (χ3n) is 3.59. The molecule has 0 radical (unpaired) electrons. The van der Waals surface area contributed by atoms with Gasteiger partial charge in [-0.05, 0) is 23.1 Å². The van der Waals surface area contributed by atoms with E-state index in [9.17, 15) is 13.6 Å². The Bertz CT molecular complexity index is 518. The number of hydrogen-bond donors (Lipinski definition) is 2. The maximum absolute atomic E-state index is 13.5. The molecule has 21 heavy (non-hydrogen) atoms. The molecule has 6 heteroatoms. The first kappa shape index (κ1) is 15.7. The molecule has 0 bridgehead atoms. The van der Waals surface area contributed by atoms with Crippen molar-refractivity contribution in [2.45, 2.75) is 38.8 Å². The molecular formula is C15H19F2NO3. The normalized spacial score (nSPS) is 20.7. The van der Waals surface area contributed by atoms with Crippen LogP contribution in [-0.4, -0.2) is 30.0 Å². The Morgan fingerprint density at radius 1 is 1.33 bits per heavy atom. The summed E-state index contributed by atoms with van der Waals surface area (Å²) in [6, 6.07) is 2.75. The molecule has 1 fully saturated rings. The molecule has 3 atom stereocenters. The van der Waals surface area contributed by atoms with E-state index in [4.69, 9.17) is 9.84 Å². The average molecular weight is 299 g/mol. The van der Waals surface area contributed by atoms with Crippen LogP contribution < -0.4 is 5.32 Å². The van der Waals surface area contributed by atoms with Crippen LogP contribution in [0.4, 0.5) is 13.6 Å². The summed E-state index contributed by atoms with van der Waals surface area (Å²) in [5, 5.41) is 11.4. The molecule has 0 aliphatic carbocycles. The predicted molar refractivity (Wildman–Crippen MR) is 73.2 cm³/mol. The number of rotatable bonds is 4. The number of hydrogen-bond acceptors (Lipinski definition) is 2. The van der Waals surface area contributed by atoms with E-state index in [1.165, 1.54) is 12.1 Å². The molecule has 0 saturated carbocycles. The van der Waals surface area contributed by atoms with Gasteiger partial charge in [0.1, 0.15) is 17.7 Å². The lowest BCUT2D eigenvalue weighted by molar-refractivity contribution is 0.168. The number of epoxide rings is 1. The van der Waals surface area contributed by atoms with Crippen molar-refractivity contribution in [1.29, 1.82) is 0 Å². The van der Waals surface area contributed by atoms with Crippen LogP contribution >= 0.6 is 0 Å². The van der Waals surface area contributed by atoms with Crippen molar-refractivity contribution in [2.75, 3.05) is 6.61 Å². The lowest BCUT2D eigenvalue weighted by Gasteiger charge is -2.37. The second-order valence-corrected chi connectivity index (χ2v) is 6.39. The zero-order valence-electron chi connectivity index (χ0n) is 12.2. The van der Waals surface area contributed by atoms with E-state index in [1.807, 2.05) is 20.8 Å². The smallest absolute Gasteiger partial charge is 0.404 e. The van der Waals surface area contributed by atoms with Gasteiger partial charge in [-0.2, -0.15) is 0 Å². The lowest BCUT2D eigenvalue weighted by Crippen LogP contribution is -2.46. The SMILES string of the molecule is CC(C)(C)[C@@H](c1cc(F)cc(F)c1)C(NC(=O)O)[C@H]1CO1. The highest BCUT2D eigenvalue weighted by atomic mass is 19.1. The van der Waals surface area contributed by atoms with Crippen molar-refractivity contribution in [3.05, 3.63) is 35.4 Å². The molecule has 1 aromatic rings. The van der Waals surface area contributed by atoms with Crippen LogP contribution in [0.5, 0.6) is 0 Å². The molecule has 2 rings (SSSR count). The molecule has 1 saturated heterocycles. The Morgan fingerprint density at radius 2 is 1.86 bits per heavy atom. The monoisotopic (exact) mass is 299 g/mol. The molecule has 1 heterocycles. The Hall–Kier alpha value is -1.69. The van der Waals surface area contributed by atoms with Gasteiger partial charge in [0.15, 0.2) is 0 Å². The molecule has 4 nitrogen and oxygen atoms in total. The van der Waals surface area contributed by atoms with Crippen LogP contribution in [-0.2, 0) is 4.74 Å². The maximum Gasteiger partial charge on any atom is 0.404 e. The minimum absolute atomic E-state index is 0.267. The third kappa shape index (κ3) is 3.91. The average Bonchev–Trinajstić information content (AvgIpc) is 3.07. The van der Waals surface area contributed by atoms with Crippen molar-refractivity contribution in [2.24, 2.45) is 5.41 Å². The van der Waals surface area contributed by atoms with E-state index in [1.54, 1.807) is 0 Å². The lowest BCUT2D eigenvalue weighted by atomic mass is 9.71. The summed E-state index contributed by atoms with van der Waals surface area (Å²) in [4.78, 5) is 11.0. The Morgan fingerprint density at radius 3 is 2.24 bits per heavy atom. The predicted octanol–water partition coefficient (Wildman–Crippen LogP) is 3.13. The first-order chi connectivity index (χ1) is 9.68. The van der Waals surface area contributed by atoms with E-state index < -0.39 is 35.1 Å². The van der Waals surface area contributed by atoms with Gasteiger partial charge in [0.05, 0.1) is 12.6 Å². The fraction of sp³-hybridized carbons (Fsp3) is 0.533. The van der Waals surface area contributed by atoms with Gasteiger partial charge < -0.3 is 15.2 Å². The van der Waals surface area contributed by atoms with Gasteiger partial charge in [-0.15, -0.1) is 0 Å². The molecule has 1 unspecified atom stereocenters. The third-order valence-corrected chi connectivity index (χ3v) is 3.59. The van der Waals surface area contributed by atoms with Crippen LogP contribution in [0.1, 0.15) is 32.3 Å². The Labute approximate surface area is 122 Å². The van der Waals surface area contributed by atoms with Crippen LogP contribution in [0, 0.1) is 17.0 Å². The molecule has 2 N–H and O–H groups in total. The van der Waals surface area contributed by atoms with Gasteiger partial charge in [0, 0.05) is 12.0 Å². The fourth-order valence-corrected chi connectivity index (χ4v) is 2.80. The van der Waals surface area contributed by atoms with Gasteiger partial charge in [-0.3, -0.25) is 0 Å². The maximum atomic E-state index is 13.5. The zero-order valence-corrected chi connectivity index (χ0v) is 12.2. The number of benzene rings is 1. The molecule has 1 aliphatic rings. The van der Waals surface area contributed by atoms with Gasteiger partial charge in [-0.1, -0.05) is 20.8 Å².